The third-order valence-corrected chi connectivity index (χ3v) is 8.66. The van der Waals surface area contributed by atoms with Crippen LogP contribution in [0.2, 0.25) is 0 Å². The van der Waals surface area contributed by atoms with E-state index in [-0.39, 0.29) is 11.9 Å². The monoisotopic (exact) mass is 507 g/mol. The fraction of sp³-hybridized carbons (Fsp3) is 0.548. The lowest BCUT2D eigenvalue weighted by molar-refractivity contribution is 0.146. The molecular weight excluding hydrogens is 465 g/mol. The predicted molar refractivity (Wildman–Crippen MR) is 146 cm³/mol. The first-order valence-electron chi connectivity index (χ1n) is 14.0. The fourth-order valence-corrected chi connectivity index (χ4v) is 6.78. The van der Waals surface area contributed by atoms with Crippen molar-refractivity contribution in [1.82, 2.24) is 15.3 Å². The molecule has 0 spiro atoms. The largest absolute Gasteiger partial charge is 0.493 e. The summed E-state index contributed by atoms with van der Waals surface area (Å²) < 4.78 is 24.7. The second-order valence-corrected chi connectivity index (χ2v) is 10.9. The van der Waals surface area contributed by atoms with Gasteiger partial charge in [-0.1, -0.05) is 24.6 Å². The van der Waals surface area contributed by atoms with Crippen LogP contribution in [0.15, 0.2) is 54.2 Å². The lowest BCUT2D eigenvalue weighted by Gasteiger charge is -2.37. The standard InChI is InChI=1S/C31H42FN3O2/c1-4-35-29(20-27(33-35)17-22-11-12-30(36-2)31(18-22)37-3)23-13-15-34(16-14-23)21-25-8-6-10-28(25)24-7-5-9-26(32)19-24/h5,7,9,11-12,18-20,23,25,27-28,33H,4,6,8,10,13-17,21H2,1-3H3/t25?,27?,28-/m1/s1. The van der Waals surface area contributed by atoms with Crippen molar-refractivity contribution in [3.8, 4) is 11.5 Å². The van der Waals surface area contributed by atoms with Crippen molar-refractivity contribution in [3.05, 3.63) is 71.2 Å². The first kappa shape index (κ1) is 26.1. The van der Waals surface area contributed by atoms with E-state index in [1.54, 1.807) is 26.4 Å². The fourth-order valence-electron chi connectivity index (χ4n) is 6.78. The maximum atomic E-state index is 13.8. The Morgan fingerprint density at radius 3 is 2.51 bits per heavy atom. The maximum absolute atomic E-state index is 13.8. The molecule has 1 aliphatic carbocycles. The van der Waals surface area contributed by atoms with Crippen LogP contribution in [0.1, 0.15) is 56.1 Å². The molecule has 0 bridgehead atoms. The minimum Gasteiger partial charge on any atom is -0.493 e. The number of methoxy groups -OCH3 is 2. The predicted octanol–water partition coefficient (Wildman–Crippen LogP) is 5.77. The number of likely N-dealkylation sites (tertiary alicyclic amines) is 1. The number of nitrogens with zero attached hydrogens (tertiary/aromatic N) is 2. The van der Waals surface area contributed by atoms with Crippen molar-refractivity contribution in [2.24, 2.45) is 11.8 Å². The second-order valence-electron chi connectivity index (χ2n) is 10.9. The van der Waals surface area contributed by atoms with E-state index in [4.69, 9.17) is 9.47 Å². The number of halogens is 1. The van der Waals surface area contributed by atoms with Gasteiger partial charge in [0.2, 0.25) is 0 Å². The van der Waals surface area contributed by atoms with E-state index in [1.807, 2.05) is 12.1 Å². The van der Waals surface area contributed by atoms with Crippen molar-refractivity contribution in [3.63, 3.8) is 0 Å². The van der Waals surface area contributed by atoms with Crippen LogP contribution < -0.4 is 14.9 Å². The summed E-state index contributed by atoms with van der Waals surface area (Å²) in [5, 5.41) is 2.36. The van der Waals surface area contributed by atoms with Crippen molar-refractivity contribution in [2.75, 3.05) is 40.4 Å². The van der Waals surface area contributed by atoms with Gasteiger partial charge < -0.3 is 19.4 Å². The molecule has 3 atom stereocenters. The summed E-state index contributed by atoms with van der Waals surface area (Å²) in [4.78, 5) is 2.67. The number of hydrazine groups is 1. The van der Waals surface area contributed by atoms with Gasteiger partial charge in [0, 0.05) is 24.7 Å². The van der Waals surface area contributed by atoms with Crippen molar-refractivity contribution in [1.29, 1.82) is 0 Å². The minimum atomic E-state index is -0.104. The number of nitrogens with one attached hydrogen (secondary N) is 1. The van der Waals surface area contributed by atoms with Crippen LogP contribution in [0.3, 0.4) is 0 Å². The van der Waals surface area contributed by atoms with E-state index in [1.165, 1.54) is 48.9 Å². The first-order valence-corrected chi connectivity index (χ1v) is 14.0. The van der Waals surface area contributed by atoms with Gasteiger partial charge >= 0.3 is 0 Å². The van der Waals surface area contributed by atoms with E-state index in [0.29, 0.717) is 17.8 Å². The molecule has 5 nitrogen and oxygen atoms in total. The Morgan fingerprint density at radius 2 is 1.78 bits per heavy atom. The smallest absolute Gasteiger partial charge is 0.160 e. The molecule has 1 N–H and O–H groups in total. The molecule has 0 radical (unpaired) electrons. The van der Waals surface area contributed by atoms with Gasteiger partial charge in [0.1, 0.15) is 5.82 Å². The lowest BCUT2D eigenvalue weighted by atomic mass is 9.87. The number of benzene rings is 2. The molecule has 200 valence electrons. The van der Waals surface area contributed by atoms with Crippen LogP contribution in [-0.4, -0.2) is 56.3 Å². The Morgan fingerprint density at radius 1 is 0.973 bits per heavy atom. The Labute approximate surface area is 221 Å². The zero-order valence-corrected chi connectivity index (χ0v) is 22.6. The highest BCUT2D eigenvalue weighted by Crippen LogP contribution is 2.41. The number of rotatable bonds is 9. The molecule has 6 heteroatoms. The number of allylic oxidation sites excluding steroid dienone is 1. The van der Waals surface area contributed by atoms with E-state index in [2.05, 4.69) is 46.5 Å². The summed E-state index contributed by atoms with van der Waals surface area (Å²) in [6.07, 6.45) is 9.48. The van der Waals surface area contributed by atoms with Gasteiger partial charge in [0.05, 0.1) is 20.3 Å². The molecule has 2 aromatic rings. The number of hydrogen-bond acceptors (Lipinski definition) is 5. The first-order chi connectivity index (χ1) is 18.1. The lowest BCUT2D eigenvalue weighted by Crippen LogP contribution is -2.42. The summed E-state index contributed by atoms with van der Waals surface area (Å²) in [6, 6.07) is 13.8. The molecule has 1 saturated heterocycles. The van der Waals surface area contributed by atoms with Gasteiger partial charge in [-0.2, -0.15) is 0 Å². The van der Waals surface area contributed by atoms with Crippen molar-refractivity contribution in [2.45, 2.75) is 57.4 Å². The molecule has 2 heterocycles. The highest BCUT2D eigenvalue weighted by molar-refractivity contribution is 5.43. The zero-order valence-electron chi connectivity index (χ0n) is 22.6. The minimum absolute atomic E-state index is 0.104. The molecule has 5 rings (SSSR count). The van der Waals surface area contributed by atoms with Crippen LogP contribution in [0, 0.1) is 17.7 Å². The SMILES string of the molecule is CCN1NC(Cc2ccc(OC)c(OC)c2)C=C1C1CCN(CC2CCC[C@@H]2c2cccc(F)c2)CC1. The maximum Gasteiger partial charge on any atom is 0.160 e. The molecule has 2 unspecified atom stereocenters. The van der Waals surface area contributed by atoms with E-state index < -0.39 is 0 Å². The van der Waals surface area contributed by atoms with Gasteiger partial charge in [-0.05, 0) is 105 Å². The molecule has 0 amide bonds. The van der Waals surface area contributed by atoms with Crippen LogP contribution in [0.5, 0.6) is 11.5 Å². The van der Waals surface area contributed by atoms with Crippen LogP contribution in [0.4, 0.5) is 4.39 Å². The molecule has 3 aliphatic rings. The summed E-state index contributed by atoms with van der Waals surface area (Å²) in [7, 11) is 3.36. The topological polar surface area (TPSA) is 37.0 Å². The summed E-state index contributed by atoms with van der Waals surface area (Å²) in [5.74, 6) is 3.19. The van der Waals surface area contributed by atoms with Gasteiger partial charge in [-0.25, -0.2) is 9.82 Å². The molecule has 2 fully saturated rings. The molecule has 37 heavy (non-hydrogen) atoms. The Bertz CT molecular complexity index is 1080. The number of ether oxygens (including phenoxy) is 2. The van der Waals surface area contributed by atoms with Gasteiger partial charge in [-0.3, -0.25) is 0 Å². The van der Waals surface area contributed by atoms with E-state index in [9.17, 15) is 4.39 Å². The summed E-state index contributed by atoms with van der Waals surface area (Å²) in [6.45, 7) is 6.62. The third kappa shape index (κ3) is 5.96. The normalized spacial score (nSPS) is 24.9. The average molecular weight is 508 g/mol. The van der Waals surface area contributed by atoms with Crippen molar-refractivity contribution >= 4 is 0 Å². The summed E-state index contributed by atoms with van der Waals surface area (Å²) >= 11 is 0. The summed E-state index contributed by atoms with van der Waals surface area (Å²) in [5.41, 5.74) is 7.62. The number of hydrogen-bond donors (Lipinski definition) is 1. The zero-order chi connectivity index (χ0) is 25.8. The molecule has 0 aromatic heterocycles. The van der Waals surface area contributed by atoms with E-state index >= 15 is 0 Å². The quantitative estimate of drug-likeness (QED) is 0.466. The Hall–Kier alpha value is -2.57. The molecular formula is C31H42FN3O2. The van der Waals surface area contributed by atoms with E-state index in [0.717, 1.165) is 44.1 Å². The number of piperidine rings is 1. The van der Waals surface area contributed by atoms with Crippen LogP contribution in [-0.2, 0) is 6.42 Å². The second kappa shape index (κ2) is 11.9. The highest BCUT2D eigenvalue weighted by atomic mass is 19.1. The van der Waals surface area contributed by atoms with Gasteiger partial charge in [-0.15, -0.1) is 0 Å². The molecule has 2 aliphatic heterocycles. The molecule has 2 aromatic carbocycles. The Kier molecular flexibility index (Phi) is 8.36. The third-order valence-electron chi connectivity index (χ3n) is 8.66. The average Bonchev–Trinajstić information content (AvgIpc) is 3.56. The Balaban J connectivity index is 1.18. The van der Waals surface area contributed by atoms with Gasteiger partial charge in [0.15, 0.2) is 11.5 Å². The highest BCUT2D eigenvalue weighted by Gasteiger charge is 2.34. The van der Waals surface area contributed by atoms with Crippen molar-refractivity contribution < 1.29 is 13.9 Å². The molecule has 1 saturated carbocycles. The van der Waals surface area contributed by atoms with Gasteiger partial charge in [0.25, 0.3) is 0 Å². The van der Waals surface area contributed by atoms with Crippen LogP contribution >= 0.6 is 0 Å². The van der Waals surface area contributed by atoms with Crippen LogP contribution in [0.25, 0.3) is 0 Å².